The Hall–Kier alpha value is -1.24. The second-order valence-electron chi connectivity index (χ2n) is 6.16. The molecule has 0 aliphatic carbocycles. The van der Waals surface area contributed by atoms with E-state index in [1.165, 1.54) is 6.07 Å². The predicted molar refractivity (Wildman–Crippen MR) is 81.7 cm³/mol. The maximum Gasteiger partial charge on any atom is 0.148 e. The van der Waals surface area contributed by atoms with Crippen molar-refractivity contribution in [2.75, 3.05) is 6.61 Å². The Balaban J connectivity index is 2.06. The van der Waals surface area contributed by atoms with E-state index in [0.717, 1.165) is 23.7 Å². The van der Waals surface area contributed by atoms with Gasteiger partial charge in [0.05, 0.1) is 16.7 Å². The van der Waals surface area contributed by atoms with Crippen molar-refractivity contribution in [3.05, 3.63) is 29.8 Å². The Bertz CT molecular complexity index is 592. The van der Waals surface area contributed by atoms with Crippen molar-refractivity contribution >= 4 is 19.1 Å². The molecule has 0 fully saturated rings. The number of hydrogen-bond acceptors (Lipinski definition) is 3. The summed E-state index contributed by atoms with van der Waals surface area (Å²) in [6.07, 6.45) is 1.87. The first kappa shape index (κ1) is 15.2. The molecule has 0 aliphatic rings. The third-order valence-corrected chi connectivity index (χ3v) is 4.90. The van der Waals surface area contributed by atoms with Gasteiger partial charge in [-0.05, 0) is 12.1 Å². The van der Waals surface area contributed by atoms with Gasteiger partial charge in [0, 0.05) is 33.5 Å². The molecule has 20 heavy (non-hydrogen) atoms. The lowest BCUT2D eigenvalue weighted by molar-refractivity contribution is 0.0902. The van der Waals surface area contributed by atoms with Crippen LogP contribution < -0.4 is 5.73 Å². The highest BCUT2D eigenvalue weighted by Gasteiger charge is 2.12. The van der Waals surface area contributed by atoms with E-state index in [0.29, 0.717) is 12.4 Å². The predicted octanol–water partition coefficient (Wildman–Crippen LogP) is 2.95. The van der Waals surface area contributed by atoms with E-state index in [4.69, 9.17) is 10.5 Å². The van der Waals surface area contributed by atoms with Gasteiger partial charge in [-0.3, -0.25) is 0 Å². The number of fused-ring (bicyclic) bond motifs is 1. The summed E-state index contributed by atoms with van der Waals surface area (Å²) in [5.41, 5.74) is 7.25. The topological polar surface area (TPSA) is 53.1 Å². The normalized spacial score (nSPS) is 12.2. The molecule has 4 nitrogen and oxygen atoms in total. The zero-order valence-corrected chi connectivity index (χ0v) is 13.3. The van der Waals surface area contributed by atoms with Gasteiger partial charge < -0.3 is 15.0 Å². The van der Waals surface area contributed by atoms with E-state index >= 15 is 0 Å². The molecule has 0 atom stereocenters. The molecule has 0 unspecified atom stereocenters. The molecule has 0 aliphatic heterocycles. The molecule has 2 heterocycles. The Labute approximate surface area is 119 Å². The fraction of sp³-hybridized carbons (Fsp3) is 0.500. The van der Waals surface area contributed by atoms with E-state index in [1.807, 2.05) is 16.8 Å². The van der Waals surface area contributed by atoms with Crippen molar-refractivity contribution in [3.8, 4) is 0 Å². The first-order valence-corrected chi connectivity index (χ1v) is 10.5. The van der Waals surface area contributed by atoms with E-state index < -0.39 is 8.07 Å². The quantitative estimate of drug-likeness (QED) is 0.658. The van der Waals surface area contributed by atoms with Gasteiger partial charge in [0.1, 0.15) is 12.5 Å². The minimum Gasteiger partial charge on any atom is -0.361 e. The molecular formula is C14H22FN3OSi. The SMILES string of the molecule is C[Si](C)(C)CCOCn1ccc2nc(CN)c(F)cc21. The summed E-state index contributed by atoms with van der Waals surface area (Å²) in [6.45, 7) is 8.22. The Morgan fingerprint density at radius 2 is 2.15 bits per heavy atom. The largest absolute Gasteiger partial charge is 0.361 e. The van der Waals surface area contributed by atoms with Gasteiger partial charge in [-0.25, -0.2) is 9.37 Å². The van der Waals surface area contributed by atoms with E-state index in [-0.39, 0.29) is 12.4 Å². The summed E-state index contributed by atoms with van der Waals surface area (Å²) in [4.78, 5) is 4.21. The highest BCUT2D eigenvalue weighted by atomic mass is 28.3. The Kier molecular flexibility index (Phi) is 4.57. The molecule has 0 saturated heterocycles. The van der Waals surface area contributed by atoms with Crippen LogP contribution in [0.3, 0.4) is 0 Å². The molecule has 0 saturated carbocycles. The van der Waals surface area contributed by atoms with E-state index in [2.05, 4.69) is 24.6 Å². The van der Waals surface area contributed by atoms with E-state index in [9.17, 15) is 4.39 Å². The van der Waals surface area contributed by atoms with Crippen LogP contribution in [0.25, 0.3) is 11.0 Å². The summed E-state index contributed by atoms with van der Waals surface area (Å²) in [7, 11) is -1.07. The molecule has 2 rings (SSSR count). The van der Waals surface area contributed by atoms with Crippen LogP contribution in [-0.2, 0) is 18.0 Å². The maximum atomic E-state index is 13.7. The molecule has 0 amide bonds. The minimum atomic E-state index is -1.07. The number of rotatable bonds is 6. The summed E-state index contributed by atoms with van der Waals surface area (Å²) in [6, 6.07) is 4.46. The lowest BCUT2D eigenvalue weighted by atomic mass is 10.3. The third-order valence-electron chi connectivity index (χ3n) is 3.20. The van der Waals surface area contributed by atoms with Crippen LogP contribution in [0.4, 0.5) is 4.39 Å². The van der Waals surface area contributed by atoms with Crippen molar-refractivity contribution in [2.24, 2.45) is 5.73 Å². The van der Waals surface area contributed by atoms with Gasteiger partial charge >= 0.3 is 0 Å². The van der Waals surface area contributed by atoms with Gasteiger partial charge in [0.2, 0.25) is 0 Å². The van der Waals surface area contributed by atoms with Crippen LogP contribution in [0.2, 0.25) is 25.7 Å². The molecule has 0 aromatic carbocycles. The van der Waals surface area contributed by atoms with Crippen molar-refractivity contribution in [3.63, 3.8) is 0 Å². The first-order chi connectivity index (χ1) is 9.40. The molecule has 0 radical (unpaired) electrons. The second kappa shape index (κ2) is 6.03. The average molecular weight is 295 g/mol. The van der Waals surface area contributed by atoms with Gasteiger partial charge in [0.15, 0.2) is 0 Å². The summed E-state index contributed by atoms with van der Waals surface area (Å²) >= 11 is 0. The van der Waals surface area contributed by atoms with Crippen LogP contribution in [0.1, 0.15) is 5.69 Å². The lowest BCUT2D eigenvalue weighted by Crippen LogP contribution is -2.21. The number of ether oxygens (including phenoxy) is 1. The molecule has 2 N–H and O–H groups in total. The number of pyridine rings is 1. The molecule has 6 heteroatoms. The van der Waals surface area contributed by atoms with Crippen LogP contribution >= 0.6 is 0 Å². The number of aromatic nitrogens is 2. The number of nitrogens with two attached hydrogens (primary N) is 1. The van der Waals surface area contributed by atoms with Crippen LogP contribution in [0, 0.1) is 5.82 Å². The van der Waals surface area contributed by atoms with Crippen molar-refractivity contribution in [2.45, 2.75) is 39.0 Å². The Morgan fingerprint density at radius 1 is 1.40 bits per heavy atom. The van der Waals surface area contributed by atoms with Gasteiger partial charge in [-0.1, -0.05) is 19.6 Å². The second-order valence-corrected chi connectivity index (χ2v) is 11.8. The molecule has 0 spiro atoms. The number of hydrogen-bond donors (Lipinski definition) is 1. The van der Waals surface area contributed by atoms with Crippen LogP contribution in [-0.4, -0.2) is 24.2 Å². The average Bonchev–Trinajstić information content (AvgIpc) is 2.75. The summed E-state index contributed by atoms with van der Waals surface area (Å²) in [5.74, 6) is -0.359. The summed E-state index contributed by atoms with van der Waals surface area (Å²) < 4.78 is 21.3. The fourth-order valence-electron chi connectivity index (χ4n) is 1.92. The highest BCUT2D eigenvalue weighted by Crippen LogP contribution is 2.17. The molecule has 110 valence electrons. The smallest absolute Gasteiger partial charge is 0.148 e. The van der Waals surface area contributed by atoms with Gasteiger partial charge in [-0.15, -0.1) is 0 Å². The van der Waals surface area contributed by atoms with Crippen molar-refractivity contribution in [1.82, 2.24) is 9.55 Å². The zero-order chi connectivity index (χ0) is 14.8. The standard InChI is InChI=1S/C14H22FN3OSi/c1-20(2,3)7-6-19-10-18-5-4-12-14(18)8-11(15)13(9-16)17-12/h4-5,8H,6-7,9-10,16H2,1-3H3. The van der Waals surface area contributed by atoms with Gasteiger partial charge in [-0.2, -0.15) is 0 Å². The van der Waals surface area contributed by atoms with Crippen molar-refractivity contribution in [1.29, 1.82) is 0 Å². The van der Waals surface area contributed by atoms with Crippen molar-refractivity contribution < 1.29 is 9.13 Å². The van der Waals surface area contributed by atoms with Crippen LogP contribution in [0.5, 0.6) is 0 Å². The summed E-state index contributed by atoms with van der Waals surface area (Å²) in [5, 5.41) is 0. The lowest BCUT2D eigenvalue weighted by Gasteiger charge is -2.15. The molecule has 2 aromatic rings. The molecule has 2 aromatic heterocycles. The Morgan fingerprint density at radius 3 is 2.80 bits per heavy atom. The fourth-order valence-corrected chi connectivity index (χ4v) is 2.68. The first-order valence-electron chi connectivity index (χ1n) is 6.83. The number of nitrogens with zero attached hydrogens (tertiary/aromatic N) is 2. The zero-order valence-electron chi connectivity index (χ0n) is 12.3. The monoisotopic (exact) mass is 295 g/mol. The minimum absolute atomic E-state index is 0.111. The van der Waals surface area contributed by atoms with E-state index in [1.54, 1.807) is 0 Å². The number of halogens is 1. The van der Waals surface area contributed by atoms with Crippen LogP contribution in [0.15, 0.2) is 18.3 Å². The molecular weight excluding hydrogens is 273 g/mol. The third kappa shape index (κ3) is 3.65. The molecule has 0 bridgehead atoms. The maximum absolute atomic E-state index is 13.7. The highest BCUT2D eigenvalue weighted by molar-refractivity contribution is 6.76. The van der Waals surface area contributed by atoms with Gasteiger partial charge in [0.25, 0.3) is 0 Å².